The predicted molar refractivity (Wildman–Crippen MR) is 69.3 cm³/mol. The summed E-state index contributed by atoms with van der Waals surface area (Å²) in [5.41, 5.74) is 4.17. The maximum atomic E-state index is 13.7. The van der Waals surface area contributed by atoms with Gasteiger partial charge in [-0.2, -0.15) is 9.97 Å². The van der Waals surface area contributed by atoms with Crippen molar-refractivity contribution in [3.8, 4) is 11.8 Å². The van der Waals surface area contributed by atoms with E-state index in [9.17, 15) is 13.6 Å². The largest absolute Gasteiger partial charge is 0.481 e. The van der Waals surface area contributed by atoms with Crippen LogP contribution in [-0.2, 0) is 0 Å². The van der Waals surface area contributed by atoms with E-state index in [0.29, 0.717) is 0 Å². The number of ether oxygens (including phenoxy) is 2. The molecule has 0 spiro atoms. The highest BCUT2D eigenvalue weighted by molar-refractivity contribution is 6.10. The standard InChI is InChI=1S/C13H11F2N3O3/c1-20-8-5-9(21-2)18-13(17-8)12(19)10-6(14)3-4-7(15)11(10)16/h3-5H,16H2,1-2H3. The second-order valence-corrected chi connectivity index (χ2v) is 3.92. The molecular formula is C13H11F2N3O3. The smallest absolute Gasteiger partial charge is 0.235 e. The van der Waals surface area contributed by atoms with Gasteiger partial charge in [-0.25, -0.2) is 8.78 Å². The van der Waals surface area contributed by atoms with Gasteiger partial charge in [-0.1, -0.05) is 0 Å². The SMILES string of the molecule is COc1cc(OC)nc(C(=O)c2c(F)ccc(F)c2N)n1. The fourth-order valence-corrected chi connectivity index (χ4v) is 1.62. The molecule has 0 bridgehead atoms. The molecular weight excluding hydrogens is 284 g/mol. The molecule has 6 nitrogen and oxygen atoms in total. The summed E-state index contributed by atoms with van der Waals surface area (Å²) in [6, 6.07) is 2.97. The van der Waals surface area contributed by atoms with Crippen LogP contribution in [0.15, 0.2) is 18.2 Å². The van der Waals surface area contributed by atoms with Crippen molar-refractivity contribution in [3.05, 3.63) is 41.2 Å². The Hall–Kier alpha value is -2.77. The lowest BCUT2D eigenvalue weighted by Crippen LogP contribution is -2.14. The zero-order chi connectivity index (χ0) is 15.6. The Morgan fingerprint density at radius 2 is 1.62 bits per heavy atom. The maximum Gasteiger partial charge on any atom is 0.235 e. The number of hydrogen-bond donors (Lipinski definition) is 1. The fourth-order valence-electron chi connectivity index (χ4n) is 1.62. The molecule has 1 heterocycles. The van der Waals surface area contributed by atoms with Crippen molar-refractivity contribution in [2.75, 3.05) is 20.0 Å². The van der Waals surface area contributed by atoms with Gasteiger partial charge in [-0.15, -0.1) is 0 Å². The normalized spacial score (nSPS) is 10.3. The Bertz CT molecular complexity index is 685. The van der Waals surface area contributed by atoms with Crippen molar-refractivity contribution in [2.45, 2.75) is 0 Å². The van der Waals surface area contributed by atoms with E-state index in [0.717, 1.165) is 12.1 Å². The van der Waals surface area contributed by atoms with Gasteiger partial charge in [-0.05, 0) is 12.1 Å². The van der Waals surface area contributed by atoms with Crippen molar-refractivity contribution < 1.29 is 23.0 Å². The number of halogens is 2. The summed E-state index contributed by atoms with van der Waals surface area (Å²) in [4.78, 5) is 19.8. The first-order chi connectivity index (χ1) is 9.97. The lowest BCUT2D eigenvalue weighted by molar-refractivity contribution is 0.102. The predicted octanol–water partition coefficient (Wildman–Crippen LogP) is 1.59. The molecule has 0 aliphatic heterocycles. The molecule has 1 aromatic carbocycles. The van der Waals surface area contributed by atoms with Gasteiger partial charge in [0.1, 0.15) is 11.6 Å². The first-order valence-electron chi connectivity index (χ1n) is 5.73. The van der Waals surface area contributed by atoms with Crippen LogP contribution in [0.5, 0.6) is 11.8 Å². The van der Waals surface area contributed by atoms with Gasteiger partial charge in [0.05, 0.1) is 31.5 Å². The Kier molecular flexibility index (Phi) is 3.97. The monoisotopic (exact) mass is 295 g/mol. The van der Waals surface area contributed by atoms with Gasteiger partial charge in [0.2, 0.25) is 23.4 Å². The van der Waals surface area contributed by atoms with Crippen LogP contribution in [0.2, 0.25) is 0 Å². The third kappa shape index (κ3) is 2.73. The van der Waals surface area contributed by atoms with Gasteiger partial charge in [0.15, 0.2) is 0 Å². The lowest BCUT2D eigenvalue weighted by Gasteiger charge is -2.08. The van der Waals surface area contributed by atoms with Crippen molar-refractivity contribution in [1.29, 1.82) is 0 Å². The van der Waals surface area contributed by atoms with E-state index in [1.165, 1.54) is 20.3 Å². The highest BCUT2D eigenvalue weighted by Gasteiger charge is 2.23. The second-order valence-electron chi connectivity index (χ2n) is 3.92. The molecule has 0 atom stereocenters. The van der Waals surface area contributed by atoms with Crippen LogP contribution in [0.1, 0.15) is 16.2 Å². The second kappa shape index (κ2) is 5.70. The van der Waals surface area contributed by atoms with Crippen molar-refractivity contribution in [2.24, 2.45) is 0 Å². The summed E-state index contributed by atoms with van der Waals surface area (Å²) in [5.74, 6) is -3.18. The molecule has 8 heteroatoms. The molecule has 2 rings (SSSR count). The first-order valence-corrected chi connectivity index (χ1v) is 5.73. The number of nitrogen functional groups attached to an aromatic ring is 1. The van der Waals surface area contributed by atoms with Gasteiger partial charge in [0, 0.05) is 0 Å². The number of rotatable bonds is 4. The number of nitrogens with two attached hydrogens (primary N) is 1. The van der Waals surface area contributed by atoms with Crippen LogP contribution in [0.25, 0.3) is 0 Å². The molecule has 2 N–H and O–H groups in total. The van der Waals surface area contributed by atoms with Gasteiger partial charge in [-0.3, -0.25) is 4.79 Å². The van der Waals surface area contributed by atoms with E-state index in [2.05, 4.69) is 9.97 Å². The molecule has 0 unspecified atom stereocenters. The molecule has 2 aromatic rings. The number of ketones is 1. The summed E-state index contributed by atoms with van der Waals surface area (Å²) < 4.78 is 36.9. The number of carbonyl (C=O) groups excluding carboxylic acids is 1. The Morgan fingerprint density at radius 1 is 1.10 bits per heavy atom. The summed E-state index contributed by atoms with van der Waals surface area (Å²) >= 11 is 0. The molecule has 0 aliphatic rings. The van der Waals surface area contributed by atoms with Gasteiger partial charge in [0.25, 0.3) is 0 Å². The molecule has 0 saturated carbocycles. The van der Waals surface area contributed by atoms with E-state index < -0.39 is 34.5 Å². The molecule has 0 fully saturated rings. The molecule has 0 aliphatic carbocycles. The van der Waals surface area contributed by atoms with Crippen LogP contribution in [0, 0.1) is 11.6 Å². The summed E-state index contributed by atoms with van der Waals surface area (Å²) in [6.07, 6.45) is 0. The summed E-state index contributed by atoms with van der Waals surface area (Å²) in [5, 5.41) is 0. The van der Waals surface area contributed by atoms with Crippen LogP contribution in [-0.4, -0.2) is 30.0 Å². The highest BCUT2D eigenvalue weighted by Crippen LogP contribution is 2.23. The van der Waals surface area contributed by atoms with Crippen LogP contribution < -0.4 is 15.2 Å². The van der Waals surface area contributed by atoms with E-state index in [1.807, 2.05) is 0 Å². The van der Waals surface area contributed by atoms with E-state index in [4.69, 9.17) is 15.2 Å². The third-order valence-electron chi connectivity index (χ3n) is 2.67. The molecule has 110 valence electrons. The number of aromatic nitrogens is 2. The topological polar surface area (TPSA) is 87.3 Å². The average molecular weight is 295 g/mol. The maximum absolute atomic E-state index is 13.7. The minimum Gasteiger partial charge on any atom is -0.481 e. The lowest BCUT2D eigenvalue weighted by atomic mass is 10.1. The van der Waals surface area contributed by atoms with Crippen molar-refractivity contribution in [3.63, 3.8) is 0 Å². The number of carbonyl (C=O) groups is 1. The minimum atomic E-state index is -0.971. The quantitative estimate of drug-likeness (QED) is 0.680. The molecule has 0 saturated heterocycles. The van der Waals surface area contributed by atoms with Crippen molar-refractivity contribution >= 4 is 11.5 Å². The van der Waals surface area contributed by atoms with Gasteiger partial charge >= 0.3 is 0 Å². The zero-order valence-electron chi connectivity index (χ0n) is 11.2. The fraction of sp³-hybridized carbons (Fsp3) is 0.154. The van der Waals surface area contributed by atoms with E-state index in [-0.39, 0.29) is 11.8 Å². The first kappa shape index (κ1) is 14.6. The average Bonchev–Trinajstić information content (AvgIpc) is 2.50. The molecule has 0 radical (unpaired) electrons. The molecule has 21 heavy (non-hydrogen) atoms. The number of anilines is 1. The highest BCUT2D eigenvalue weighted by atomic mass is 19.1. The molecule has 0 amide bonds. The number of methoxy groups -OCH3 is 2. The number of hydrogen-bond acceptors (Lipinski definition) is 6. The molecule has 1 aromatic heterocycles. The number of nitrogens with zero attached hydrogens (tertiary/aromatic N) is 2. The van der Waals surface area contributed by atoms with Crippen LogP contribution >= 0.6 is 0 Å². The van der Waals surface area contributed by atoms with E-state index >= 15 is 0 Å². The van der Waals surface area contributed by atoms with Crippen molar-refractivity contribution in [1.82, 2.24) is 9.97 Å². The Balaban J connectivity index is 2.57. The van der Waals surface area contributed by atoms with Crippen LogP contribution in [0.3, 0.4) is 0 Å². The number of benzene rings is 1. The third-order valence-corrected chi connectivity index (χ3v) is 2.67. The summed E-state index contributed by atoms with van der Waals surface area (Å²) in [6.45, 7) is 0. The zero-order valence-corrected chi connectivity index (χ0v) is 11.2. The Labute approximate surface area is 118 Å². The minimum absolute atomic E-state index is 0.0422. The van der Waals surface area contributed by atoms with Crippen LogP contribution in [0.4, 0.5) is 14.5 Å². The summed E-state index contributed by atoms with van der Waals surface area (Å²) in [7, 11) is 2.65. The van der Waals surface area contributed by atoms with Gasteiger partial charge < -0.3 is 15.2 Å². The van der Waals surface area contributed by atoms with E-state index in [1.54, 1.807) is 0 Å². The Morgan fingerprint density at radius 3 is 2.14 bits per heavy atom.